The number of aliphatic hydroxyl groups excluding tert-OH is 1. The van der Waals surface area contributed by atoms with Gasteiger partial charge in [-0.25, -0.2) is 9.97 Å². The van der Waals surface area contributed by atoms with E-state index >= 15 is 0 Å². The first-order valence-corrected chi connectivity index (χ1v) is 10.7. The highest BCUT2D eigenvalue weighted by Crippen LogP contribution is 2.36. The summed E-state index contributed by atoms with van der Waals surface area (Å²) in [5.41, 5.74) is -1.57. The van der Waals surface area contributed by atoms with Gasteiger partial charge in [-0.3, -0.25) is 9.48 Å². The summed E-state index contributed by atoms with van der Waals surface area (Å²) >= 11 is 0. The summed E-state index contributed by atoms with van der Waals surface area (Å²) in [5, 5.41) is 15.8. The van der Waals surface area contributed by atoms with Gasteiger partial charge in [0.15, 0.2) is 5.69 Å². The Morgan fingerprint density at radius 3 is 2.58 bits per heavy atom. The number of carbonyl (C=O) groups excluding carboxylic acids is 1. The Morgan fingerprint density at radius 2 is 1.94 bits per heavy atom. The fourth-order valence-electron chi connectivity index (χ4n) is 3.89. The predicted molar refractivity (Wildman–Crippen MR) is 116 cm³/mol. The van der Waals surface area contributed by atoms with E-state index in [0.29, 0.717) is 23.3 Å². The largest absolute Gasteiger partial charge is 0.435 e. The molecule has 1 saturated heterocycles. The van der Waals surface area contributed by atoms with Crippen molar-refractivity contribution in [1.82, 2.24) is 19.7 Å². The molecule has 8 nitrogen and oxygen atoms in total. The van der Waals surface area contributed by atoms with E-state index in [9.17, 15) is 36.2 Å². The van der Waals surface area contributed by atoms with Gasteiger partial charge in [-0.15, -0.1) is 0 Å². The molecule has 36 heavy (non-hydrogen) atoms. The highest BCUT2D eigenvalue weighted by Gasteiger charge is 2.37. The van der Waals surface area contributed by atoms with Gasteiger partial charge in [0.1, 0.15) is 12.2 Å². The van der Waals surface area contributed by atoms with Gasteiger partial charge in [0.25, 0.3) is 5.91 Å². The summed E-state index contributed by atoms with van der Waals surface area (Å²) in [6, 6.07) is 4.85. The van der Waals surface area contributed by atoms with Gasteiger partial charge in [0, 0.05) is 18.3 Å². The van der Waals surface area contributed by atoms with Gasteiger partial charge in [-0.05, 0) is 31.5 Å². The first-order chi connectivity index (χ1) is 16.8. The number of anilines is 2. The molecule has 14 heteroatoms. The third-order valence-corrected chi connectivity index (χ3v) is 5.69. The lowest BCUT2D eigenvalue weighted by molar-refractivity contribution is -0.142. The van der Waals surface area contributed by atoms with Crippen molar-refractivity contribution in [1.29, 1.82) is 0 Å². The number of hydrogen-bond acceptors (Lipinski definition) is 6. The molecular formula is C22H20F6N6O2. The molecule has 0 radical (unpaired) electrons. The molecule has 1 fully saturated rings. The van der Waals surface area contributed by atoms with Gasteiger partial charge in [-0.2, -0.15) is 31.4 Å². The number of rotatable bonds is 5. The van der Waals surface area contributed by atoms with Gasteiger partial charge in [-0.1, -0.05) is 6.07 Å². The molecule has 192 valence electrons. The Labute approximate surface area is 200 Å². The van der Waals surface area contributed by atoms with Crippen LogP contribution in [0.15, 0.2) is 42.9 Å². The van der Waals surface area contributed by atoms with Crippen molar-refractivity contribution >= 4 is 17.3 Å². The highest BCUT2D eigenvalue weighted by molar-refractivity contribution is 6.03. The second-order valence-corrected chi connectivity index (χ2v) is 8.28. The Kier molecular flexibility index (Phi) is 6.64. The number of alkyl halides is 6. The zero-order valence-electron chi connectivity index (χ0n) is 18.7. The molecule has 0 unspecified atom stereocenters. The molecule has 0 spiro atoms. The maximum absolute atomic E-state index is 13.6. The van der Waals surface area contributed by atoms with Crippen LogP contribution in [0, 0.1) is 0 Å². The number of halogens is 6. The highest BCUT2D eigenvalue weighted by atomic mass is 19.4. The van der Waals surface area contributed by atoms with Crippen molar-refractivity contribution in [3.05, 3.63) is 54.2 Å². The van der Waals surface area contributed by atoms with Gasteiger partial charge in [0.2, 0.25) is 0 Å². The Bertz CT molecular complexity index is 1260. The minimum atomic E-state index is -4.86. The lowest BCUT2D eigenvalue weighted by Crippen LogP contribution is -2.32. The first kappa shape index (κ1) is 25.4. The van der Waals surface area contributed by atoms with Crippen molar-refractivity contribution < 1.29 is 36.2 Å². The van der Waals surface area contributed by atoms with Crippen LogP contribution in [0.3, 0.4) is 0 Å². The summed E-state index contributed by atoms with van der Waals surface area (Å²) in [6.45, 7) is 0.803. The fourth-order valence-corrected chi connectivity index (χ4v) is 3.89. The summed E-state index contributed by atoms with van der Waals surface area (Å²) in [4.78, 5) is 22.1. The van der Waals surface area contributed by atoms with Crippen molar-refractivity contribution in [2.45, 2.75) is 44.4 Å². The minimum absolute atomic E-state index is 0.110. The quantitative estimate of drug-likeness (QED) is 0.497. The van der Waals surface area contributed by atoms with E-state index in [1.165, 1.54) is 18.2 Å². The van der Waals surface area contributed by atoms with Crippen LogP contribution in [0.25, 0.3) is 11.3 Å². The number of hydrogen-bond donors (Lipinski definition) is 2. The second-order valence-electron chi connectivity index (χ2n) is 8.28. The molecule has 2 atom stereocenters. The number of nitrogens with zero attached hydrogens (tertiary/aromatic N) is 5. The lowest BCUT2D eigenvalue weighted by atomic mass is 10.2. The van der Waals surface area contributed by atoms with E-state index in [-0.39, 0.29) is 23.0 Å². The van der Waals surface area contributed by atoms with Crippen molar-refractivity contribution in [3.8, 4) is 11.3 Å². The zero-order valence-corrected chi connectivity index (χ0v) is 18.7. The number of pyridine rings is 2. The average molecular weight is 514 g/mol. The zero-order chi connectivity index (χ0) is 26.3. The summed E-state index contributed by atoms with van der Waals surface area (Å²) < 4.78 is 79.2. The molecule has 0 saturated carbocycles. The number of nitrogens with one attached hydrogen (secondary N) is 1. The van der Waals surface area contributed by atoms with Gasteiger partial charge >= 0.3 is 12.4 Å². The van der Waals surface area contributed by atoms with Crippen molar-refractivity contribution in [2.75, 3.05) is 16.8 Å². The minimum Gasteiger partial charge on any atom is -0.391 e. The monoisotopic (exact) mass is 514 g/mol. The van der Waals surface area contributed by atoms with Crippen LogP contribution < -0.4 is 10.2 Å². The first-order valence-electron chi connectivity index (χ1n) is 10.7. The predicted octanol–water partition coefficient (Wildman–Crippen LogP) is 4.13. The number of aliphatic hydroxyl groups is 1. The lowest BCUT2D eigenvalue weighted by Gasteiger charge is -2.26. The molecule has 2 N–H and O–H groups in total. The van der Waals surface area contributed by atoms with Crippen LogP contribution in [0.5, 0.6) is 0 Å². The number of carbonyl (C=O) groups is 1. The molecule has 4 heterocycles. The van der Waals surface area contributed by atoms with Crippen LogP contribution >= 0.6 is 0 Å². The van der Waals surface area contributed by atoms with E-state index in [1.807, 2.05) is 0 Å². The summed E-state index contributed by atoms with van der Waals surface area (Å²) in [5.74, 6) is -0.974. The topological polar surface area (TPSA) is 96.2 Å². The third-order valence-electron chi connectivity index (χ3n) is 5.69. The average Bonchev–Trinajstić information content (AvgIpc) is 3.38. The molecule has 4 rings (SSSR count). The Hall–Kier alpha value is -3.68. The molecule has 1 amide bonds. The van der Waals surface area contributed by atoms with Crippen molar-refractivity contribution in [3.63, 3.8) is 0 Å². The second kappa shape index (κ2) is 9.41. The Balaban J connectivity index is 1.60. The van der Waals surface area contributed by atoms with E-state index < -0.39 is 42.3 Å². The summed E-state index contributed by atoms with van der Waals surface area (Å²) in [6.07, 6.45) is -6.31. The third kappa shape index (κ3) is 5.58. The molecule has 0 bridgehead atoms. The van der Waals surface area contributed by atoms with Gasteiger partial charge in [0.05, 0.1) is 41.6 Å². The number of aromatic nitrogens is 4. The van der Waals surface area contributed by atoms with Crippen LogP contribution in [0.4, 0.5) is 37.7 Å². The van der Waals surface area contributed by atoms with E-state index in [0.717, 1.165) is 24.7 Å². The maximum Gasteiger partial charge on any atom is 0.435 e. The SMILES string of the molecule is C[C@@H]1[C@H](O)CCN1c1cnc(C(F)(F)F)c(NC(=O)c2cccc(-c3cnn(CC(F)(F)F)c3)n2)c1. The van der Waals surface area contributed by atoms with Crippen LogP contribution in [0.1, 0.15) is 29.5 Å². The maximum atomic E-state index is 13.6. The molecule has 1 aliphatic heterocycles. The summed E-state index contributed by atoms with van der Waals surface area (Å²) in [7, 11) is 0. The molecular weight excluding hydrogens is 494 g/mol. The van der Waals surface area contributed by atoms with E-state index in [1.54, 1.807) is 11.8 Å². The van der Waals surface area contributed by atoms with Crippen LogP contribution in [-0.4, -0.2) is 55.6 Å². The number of amides is 1. The van der Waals surface area contributed by atoms with Crippen LogP contribution in [-0.2, 0) is 12.7 Å². The molecule has 3 aromatic rings. The Morgan fingerprint density at radius 1 is 1.19 bits per heavy atom. The fraction of sp³-hybridized carbons (Fsp3) is 0.364. The normalized spacial score (nSPS) is 18.5. The molecule has 3 aromatic heterocycles. The smallest absolute Gasteiger partial charge is 0.391 e. The van der Waals surface area contributed by atoms with E-state index in [4.69, 9.17) is 0 Å². The van der Waals surface area contributed by atoms with Gasteiger partial charge < -0.3 is 15.3 Å². The molecule has 1 aliphatic rings. The van der Waals surface area contributed by atoms with Crippen molar-refractivity contribution in [2.24, 2.45) is 0 Å². The van der Waals surface area contributed by atoms with Crippen LogP contribution in [0.2, 0.25) is 0 Å². The molecule has 0 aliphatic carbocycles. The molecule has 0 aromatic carbocycles. The standard InChI is InChI=1S/C22H20F6N6O2/c1-12-18(35)5-6-34(12)14-7-17(19(29-9-14)22(26,27)28)32-20(36)16-4-2-3-15(31-16)13-8-30-33(10-13)11-21(23,24)25/h2-4,7-10,12,18,35H,5-6,11H2,1H3,(H,32,36)/t12-,18-/m1/s1. The van der Waals surface area contributed by atoms with E-state index in [2.05, 4.69) is 20.4 Å².